The SMILES string of the molecule is Cc1ccc(S(=O)(=O)N2CCC(C(=O)NCC(C)C#N)CC2)cc1. The van der Waals surface area contributed by atoms with Crippen LogP contribution in [-0.2, 0) is 14.8 Å². The number of nitrogens with zero attached hydrogens (tertiary/aromatic N) is 2. The molecule has 0 bridgehead atoms. The summed E-state index contributed by atoms with van der Waals surface area (Å²) in [7, 11) is -3.50. The molecule has 1 N–H and O–H groups in total. The third-order valence-electron chi connectivity index (χ3n) is 4.29. The summed E-state index contributed by atoms with van der Waals surface area (Å²) in [6.07, 6.45) is 0.996. The molecule has 0 saturated carbocycles. The molecule has 1 saturated heterocycles. The van der Waals surface area contributed by atoms with Crippen LogP contribution in [0.15, 0.2) is 29.2 Å². The van der Waals surface area contributed by atoms with E-state index in [-0.39, 0.29) is 17.7 Å². The zero-order chi connectivity index (χ0) is 17.7. The minimum Gasteiger partial charge on any atom is -0.355 e. The molecule has 7 heteroatoms. The molecule has 1 aromatic carbocycles. The van der Waals surface area contributed by atoms with Gasteiger partial charge in [-0.1, -0.05) is 17.7 Å². The maximum atomic E-state index is 12.6. The Bertz CT molecular complexity index is 714. The second-order valence-corrected chi connectivity index (χ2v) is 8.20. The van der Waals surface area contributed by atoms with Crippen LogP contribution in [0, 0.1) is 30.1 Å². The summed E-state index contributed by atoms with van der Waals surface area (Å²) in [5.41, 5.74) is 1.01. The van der Waals surface area contributed by atoms with Gasteiger partial charge in [0.05, 0.1) is 16.9 Å². The summed E-state index contributed by atoms with van der Waals surface area (Å²) in [6, 6.07) is 8.87. The molecule has 2 rings (SSSR count). The lowest BCUT2D eigenvalue weighted by atomic mass is 9.97. The van der Waals surface area contributed by atoms with Crippen LogP contribution in [0.4, 0.5) is 0 Å². The number of rotatable bonds is 5. The number of piperidine rings is 1. The molecule has 1 unspecified atom stereocenters. The van der Waals surface area contributed by atoms with Crippen molar-refractivity contribution in [2.75, 3.05) is 19.6 Å². The molecule has 0 aromatic heterocycles. The zero-order valence-corrected chi connectivity index (χ0v) is 14.8. The highest BCUT2D eigenvalue weighted by Crippen LogP contribution is 2.24. The Morgan fingerprint density at radius 2 is 1.92 bits per heavy atom. The number of hydrogen-bond donors (Lipinski definition) is 1. The van der Waals surface area contributed by atoms with Gasteiger partial charge in [-0.15, -0.1) is 0 Å². The summed E-state index contributed by atoms with van der Waals surface area (Å²) in [5, 5.41) is 11.5. The molecule has 24 heavy (non-hydrogen) atoms. The molecule has 1 atom stereocenters. The highest BCUT2D eigenvalue weighted by Gasteiger charge is 2.32. The summed E-state index contributed by atoms with van der Waals surface area (Å²) in [6.45, 7) is 4.66. The Labute approximate surface area is 143 Å². The van der Waals surface area contributed by atoms with Crippen LogP contribution >= 0.6 is 0 Å². The van der Waals surface area contributed by atoms with Crippen molar-refractivity contribution in [3.8, 4) is 6.07 Å². The summed E-state index contributed by atoms with van der Waals surface area (Å²) in [5.74, 6) is -0.513. The number of hydrogen-bond acceptors (Lipinski definition) is 4. The van der Waals surface area contributed by atoms with E-state index < -0.39 is 10.0 Å². The molecule has 0 radical (unpaired) electrons. The summed E-state index contributed by atoms with van der Waals surface area (Å²) < 4.78 is 26.7. The largest absolute Gasteiger partial charge is 0.355 e. The smallest absolute Gasteiger partial charge is 0.243 e. The van der Waals surface area contributed by atoms with Crippen molar-refractivity contribution >= 4 is 15.9 Å². The molecular weight excluding hydrogens is 326 g/mol. The van der Waals surface area contributed by atoms with Gasteiger partial charge >= 0.3 is 0 Å². The van der Waals surface area contributed by atoms with Gasteiger partial charge in [0, 0.05) is 25.6 Å². The van der Waals surface area contributed by atoms with Crippen LogP contribution in [0.1, 0.15) is 25.3 Å². The van der Waals surface area contributed by atoms with Crippen LogP contribution in [0.2, 0.25) is 0 Å². The Kier molecular flexibility index (Phi) is 5.97. The van der Waals surface area contributed by atoms with Crippen LogP contribution in [0.5, 0.6) is 0 Å². The maximum absolute atomic E-state index is 12.6. The van der Waals surface area contributed by atoms with Crippen molar-refractivity contribution in [2.45, 2.75) is 31.6 Å². The van der Waals surface area contributed by atoms with Crippen LogP contribution < -0.4 is 5.32 Å². The lowest BCUT2D eigenvalue weighted by Gasteiger charge is -2.30. The Hall–Kier alpha value is -1.91. The number of aryl methyl sites for hydroxylation is 1. The molecule has 1 aliphatic heterocycles. The Morgan fingerprint density at radius 1 is 1.33 bits per heavy atom. The number of carbonyl (C=O) groups is 1. The fraction of sp³-hybridized carbons (Fsp3) is 0.529. The average Bonchev–Trinajstić information content (AvgIpc) is 2.59. The maximum Gasteiger partial charge on any atom is 0.243 e. The number of nitriles is 1. The molecule has 0 aliphatic carbocycles. The first-order chi connectivity index (χ1) is 11.3. The average molecular weight is 349 g/mol. The van der Waals surface area contributed by atoms with Gasteiger partial charge in [-0.05, 0) is 38.8 Å². The van der Waals surface area contributed by atoms with Crippen LogP contribution in [-0.4, -0.2) is 38.3 Å². The minimum absolute atomic E-state index is 0.0931. The number of carbonyl (C=O) groups excluding carboxylic acids is 1. The standard InChI is InChI=1S/C17H23N3O3S/c1-13-3-5-16(6-4-13)24(22,23)20-9-7-15(8-10-20)17(21)19-12-14(2)11-18/h3-6,14-15H,7-10,12H2,1-2H3,(H,19,21). The molecule has 130 valence electrons. The van der Waals surface area contributed by atoms with Crippen molar-refractivity contribution in [1.82, 2.24) is 9.62 Å². The van der Waals surface area contributed by atoms with Crippen LogP contribution in [0.3, 0.4) is 0 Å². The van der Waals surface area contributed by atoms with Crippen molar-refractivity contribution in [3.63, 3.8) is 0 Å². The lowest BCUT2D eigenvalue weighted by molar-refractivity contribution is -0.126. The van der Waals surface area contributed by atoms with Crippen LogP contribution in [0.25, 0.3) is 0 Å². The number of benzene rings is 1. The molecule has 1 amide bonds. The molecule has 0 spiro atoms. The van der Waals surface area contributed by atoms with Crippen molar-refractivity contribution in [3.05, 3.63) is 29.8 Å². The normalized spacial score (nSPS) is 17.9. The van der Waals surface area contributed by atoms with E-state index >= 15 is 0 Å². The predicted molar refractivity (Wildman–Crippen MR) is 90.4 cm³/mol. The summed E-state index contributed by atoms with van der Waals surface area (Å²) in [4.78, 5) is 12.4. The minimum atomic E-state index is -3.50. The van der Waals surface area contributed by atoms with E-state index in [0.29, 0.717) is 37.4 Å². The van der Waals surface area contributed by atoms with E-state index in [1.807, 2.05) is 6.92 Å². The number of nitrogens with one attached hydrogen (secondary N) is 1. The number of amides is 1. The van der Waals surface area contributed by atoms with Crippen molar-refractivity contribution in [1.29, 1.82) is 5.26 Å². The highest BCUT2D eigenvalue weighted by molar-refractivity contribution is 7.89. The quantitative estimate of drug-likeness (QED) is 0.875. The van der Waals surface area contributed by atoms with Gasteiger partial charge in [-0.2, -0.15) is 9.57 Å². The van der Waals surface area contributed by atoms with E-state index in [2.05, 4.69) is 11.4 Å². The van der Waals surface area contributed by atoms with Gasteiger partial charge in [-0.25, -0.2) is 8.42 Å². The Morgan fingerprint density at radius 3 is 2.46 bits per heavy atom. The van der Waals surface area contributed by atoms with Gasteiger partial charge in [0.2, 0.25) is 15.9 Å². The second kappa shape index (κ2) is 7.77. The molecule has 1 aliphatic rings. The molecule has 1 heterocycles. The predicted octanol–water partition coefficient (Wildman–Crippen LogP) is 1.67. The van der Waals surface area contributed by atoms with E-state index in [9.17, 15) is 13.2 Å². The van der Waals surface area contributed by atoms with E-state index in [1.54, 1.807) is 31.2 Å². The fourth-order valence-electron chi connectivity index (χ4n) is 2.66. The third kappa shape index (κ3) is 4.34. The zero-order valence-electron chi connectivity index (χ0n) is 14.0. The first-order valence-corrected chi connectivity index (χ1v) is 9.52. The van der Waals surface area contributed by atoms with E-state index in [1.165, 1.54) is 4.31 Å². The van der Waals surface area contributed by atoms with Gasteiger partial charge < -0.3 is 5.32 Å². The van der Waals surface area contributed by atoms with Crippen molar-refractivity contribution < 1.29 is 13.2 Å². The van der Waals surface area contributed by atoms with Gasteiger partial charge in [0.15, 0.2) is 0 Å². The third-order valence-corrected chi connectivity index (χ3v) is 6.20. The second-order valence-electron chi connectivity index (χ2n) is 6.27. The molecule has 1 fully saturated rings. The monoisotopic (exact) mass is 349 g/mol. The topological polar surface area (TPSA) is 90.3 Å². The molecule has 1 aromatic rings. The first kappa shape index (κ1) is 18.4. The van der Waals surface area contributed by atoms with Gasteiger partial charge in [0.25, 0.3) is 0 Å². The molecule has 6 nitrogen and oxygen atoms in total. The molecular formula is C17H23N3O3S. The van der Waals surface area contributed by atoms with E-state index in [4.69, 9.17) is 5.26 Å². The summed E-state index contributed by atoms with van der Waals surface area (Å²) >= 11 is 0. The van der Waals surface area contributed by atoms with E-state index in [0.717, 1.165) is 5.56 Å². The fourth-order valence-corrected chi connectivity index (χ4v) is 4.13. The van der Waals surface area contributed by atoms with Gasteiger partial charge in [-0.3, -0.25) is 4.79 Å². The highest BCUT2D eigenvalue weighted by atomic mass is 32.2. The Balaban J connectivity index is 1.93. The first-order valence-electron chi connectivity index (χ1n) is 8.08. The number of sulfonamides is 1. The van der Waals surface area contributed by atoms with Crippen molar-refractivity contribution in [2.24, 2.45) is 11.8 Å². The lowest BCUT2D eigenvalue weighted by Crippen LogP contribution is -2.43. The van der Waals surface area contributed by atoms with Gasteiger partial charge in [0.1, 0.15) is 0 Å².